The third-order valence-corrected chi connectivity index (χ3v) is 4.67. The van der Waals surface area contributed by atoms with Crippen LogP contribution in [0.15, 0.2) is 54.9 Å². The van der Waals surface area contributed by atoms with E-state index in [1.807, 2.05) is 68.7 Å². The van der Waals surface area contributed by atoms with E-state index in [0.717, 1.165) is 28.3 Å². The molecule has 3 aromatic heterocycles. The van der Waals surface area contributed by atoms with Gasteiger partial charge in [0.1, 0.15) is 11.4 Å². The predicted molar refractivity (Wildman–Crippen MR) is 106 cm³/mol. The summed E-state index contributed by atoms with van der Waals surface area (Å²) in [5, 5.41) is 0. The second kappa shape index (κ2) is 7.07. The standard InChI is InChI=1S/C21H21N5O/c1-3-26(4-2)21(27)14-9-10-15-18(13-14)25-20(17-8-6-12-23-17)19(24-15)16-7-5-11-22-16/h5-13,22-23H,3-4H2,1-2H3. The Morgan fingerprint density at radius 2 is 1.48 bits per heavy atom. The van der Waals surface area contributed by atoms with Crippen molar-refractivity contribution in [1.82, 2.24) is 24.8 Å². The molecular weight excluding hydrogens is 338 g/mol. The van der Waals surface area contributed by atoms with Crippen LogP contribution in [0, 0.1) is 0 Å². The maximum absolute atomic E-state index is 12.7. The summed E-state index contributed by atoms with van der Waals surface area (Å²) in [7, 11) is 0. The summed E-state index contributed by atoms with van der Waals surface area (Å²) in [6, 6.07) is 13.3. The molecule has 0 radical (unpaired) electrons. The molecule has 0 aliphatic rings. The molecule has 0 unspecified atom stereocenters. The second-order valence-electron chi connectivity index (χ2n) is 6.27. The summed E-state index contributed by atoms with van der Waals surface area (Å²) < 4.78 is 0. The van der Waals surface area contributed by atoms with Crippen LogP contribution in [0.5, 0.6) is 0 Å². The molecule has 2 N–H and O–H groups in total. The summed E-state index contributed by atoms with van der Waals surface area (Å²) in [6.45, 7) is 5.32. The number of hydrogen-bond acceptors (Lipinski definition) is 3. The van der Waals surface area contributed by atoms with E-state index in [9.17, 15) is 4.79 Å². The molecule has 0 fully saturated rings. The first-order valence-electron chi connectivity index (χ1n) is 9.09. The largest absolute Gasteiger partial charge is 0.360 e. The molecule has 0 aliphatic carbocycles. The van der Waals surface area contributed by atoms with Crippen molar-refractivity contribution in [3.8, 4) is 22.8 Å². The number of H-pyrrole nitrogens is 2. The number of aromatic amines is 2. The Morgan fingerprint density at radius 1 is 0.889 bits per heavy atom. The Bertz CT molecular complexity index is 1060. The average molecular weight is 359 g/mol. The summed E-state index contributed by atoms with van der Waals surface area (Å²) >= 11 is 0. The topological polar surface area (TPSA) is 77.7 Å². The summed E-state index contributed by atoms with van der Waals surface area (Å²) in [6.07, 6.45) is 3.73. The van der Waals surface area contributed by atoms with Gasteiger partial charge in [-0.2, -0.15) is 0 Å². The van der Waals surface area contributed by atoms with Crippen molar-refractivity contribution < 1.29 is 4.79 Å². The number of hydrogen-bond donors (Lipinski definition) is 2. The van der Waals surface area contributed by atoms with Crippen molar-refractivity contribution in [3.05, 3.63) is 60.4 Å². The SMILES string of the molecule is CCN(CC)C(=O)c1ccc2nc(-c3ccc[nH]3)c(-c3ccc[nH]3)nc2c1. The van der Waals surface area contributed by atoms with Crippen LogP contribution in [0.4, 0.5) is 0 Å². The van der Waals surface area contributed by atoms with Gasteiger partial charge in [0, 0.05) is 31.0 Å². The number of rotatable bonds is 5. The van der Waals surface area contributed by atoms with Gasteiger partial charge in [-0.3, -0.25) is 4.79 Å². The van der Waals surface area contributed by atoms with Crippen LogP contribution in [0.2, 0.25) is 0 Å². The van der Waals surface area contributed by atoms with E-state index in [0.29, 0.717) is 24.2 Å². The molecule has 27 heavy (non-hydrogen) atoms. The lowest BCUT2D eigenvalue weighted by molar-refractivity contribution is 0.0773. The molecule has 3 heterocycles. The quantitative estimate of drug-likeness (QED) is 0.563. The lowest BCUT2D eigenvalue weighted by Gasteiger charge is -2.18. The lowest BCUT2D eigenvalue weighted by Crippen LogP contribution is -2.30. The van der Waals surface area contributed by atoms with Crippen molar-refractivity contribution in [3.63, 3.8) is 0 Å². The first-order chi connectivity index (χ1) is 13.2. The number of fused-ring (bicyclic) bond motifs is 1. The van der Waals surface area contributed by atoms with Gasteiger partial charge in [-0.1, -0.05) is 0 Å². The minimum absolute atomic E-state index is 0.0126. The molecule has 0 saturated carbocycles. The summed E-state index contributed by atoms with van der Waals surface area (Å²) in [5.41, 5.74) is 5.40. The van der Waals surface area contributed by atoms with Gasteiger partial charge in [0.15, 0.2) is 0 Å². The Hall–Kier alpha value is -3.41. The number of aromatic nitrogens is 4. The van der Waals surface area contributed by atoms with Crippen molar-refractivity contribution in [1.29, 1.82) is 0 Å². The molecule has 6 nitrogen and oxygen atoms in total. The van der Waals surface area contributed by atoms with Gasteiger partial charge in [0.25, 0.3) is 5.91 Å². The molecule has 0 bridgehead atoms. The van der Waals surface area contributed by atoms with Crippen LogP contribution >= 0.6 is 0 Å². The van der Waals surface area contributed by atoms with Crippen molar-refractivity contribution >= 4 is 16.9 Å². The van der Waals surface area contributed by atoms with Crippen LogP contribution in [0.3, 0.4) is 0 Å². The van der Waals surface area contributed by atoms with E-state index in [-0.39, 0.29) is 5.91 Å². The summed E-state index contributed by atoms with van der Waals surface area (Å²) in [5.74, 6) is 0.0126. The minimum atomic E-state index is 0.0126. The predicted octanol–water partition coefficient (Wildman–Crippen LogP) is 4.10. The van der Waals surface area contributed by atoms with Crippen molar-refractivity contribution in [2.45, 2.75) is 13.8 Å². The zero-order chi connectivity index (χ0) is 18.8. The van der Waals surface area contributed by atoms with Crippen LogP contribution < -0.4 is 0 Å². The molecular formula is C21H21N5O. The van der Waals surface area contributed by atoms with Crippen LogP contribution in [0.1, 0.15) is 24.2 Å². The highest BCUT2D eigenvalue weighted by molar-refractivity contribution is 5.98. The van der Waals surface area contributed by atoms with E-state index >= 15 is 0 Å². The minimum Gasteiger partial charge on any atom is -0.360 e. The number of nitrogens with one attached hydrogen (secondary N) is 2. The van der Waals surface area contributed by atoms with Crippen molar-refractivity contribution in [2.24, 2.45) is 0 Å². The van der Waals surface area contributed by atoms with E-state index in [4.69, 9.17) is 9.97 Å². The van der Waals surface area contributed by atoms with Gasteiger partial charge in [-0.15, -0.1) is 0 Å². The molecule has 4 aromatic rings. The van der Waals surface area contributed by atoms with Gasteiger partial charge >= 0.3 is 0 Å². The molecule has 0 atom stereocenters. The monoisotopic (exact) mass is 359 g/mol. The first-order valence-corrected chi connectivity index (χ1v) is 9.09. The highest BCUT2D eigenvalue weighted by Gasteiger charge is 2.17. The van der Waals surface area contributed by atoms with E-state index in [1.165, 1.54) is 0 Å². The maximum atomic E-state index is 12.7. The molecule has 136 valence electrons. The van der Waals surface area contributed by atoms with Gasteiger partial charge in [0.2, 0.25) is 0 Å². The van der Waals surface area contributed by atoms with E-state index < -0.39 is 0 Å². The molecule has 1 amide bonds. The van der Waals surface area contributed by atoms with Gasteiger partial charge in [-0.25, -0.2) is 9.97 Å². The Labute approximate surface area is 157 Å². The third-order valence-electron chi connectivity index (χ3n) is 4.67. The zero-order valence-corrected chi connectivity index (χ0v) is 15.4. The van der Waals surface area contributed by atoms with E-state index in [2.05, 4.69) is 9.97 Å². The Kier molecular flexibility index (Phi) is 4.46. The fourth-order valence-corrected chi connectivity index (χ4v) is 3.21. The van der Waals surface area contributed by atoms with E-state index in [1.54, 1.807) is 4.90 Å². The first kappa shape index (κ1) is 17.0. The Balaban J connectivity index is 1.88. The smallest absolute Gasteiger partial charge is 0.253 e. The number of benzene rings is 1. The zero-order valence-electron chi connectivity index (χ0n) is 15.4. The van der Waals surface area contributed by atoms with Crippen LogP contribution in [0.25, 0.3) is 33.8 Å². The van der Waals surface area contributed by atoms with Crippen LogP contribution in [-0.4, -0.2) is 43.8 Å². The Morgan fingerprint density at radius 3 is 2.00 bits per heavy atom. The molecule has 0 aliphatic heterocycles. The van der Waals surface area contributed by atoms with Gasteiger partial charge in [0.05, 0.1) is 22.4 Å². The number of carbonyl (C=O) groups is 1. The average Bonchev–Trinajstić information content (AvgIpc) is 3.41. The van der Waals surface area contributed by atoms with Gasteiger partial charge in [-0.05, 0) is 56.3 Å². The molecule has 1 aromatic carbocycles. The maximum Gasteiger partial charge on any atom is 0.253 e. The molecule has 0 saturated heterocycles. The normalized spacial score (nSPS) is 11.0. The fourth-order valence-electron chi connectivity index (χ4n) is 3.21. The van der Waals surface area contributed by atoms with Crippen LogP contribution in [-0.2, 0) is 0 Å². The number of carbonyl (C=O) groups excluding carboxylic acids is 1. The second-order valence-corrected chi connectivity index (χ2v) is 6.27. The third kappa shape index (κ3) is 3.10. The molecule has 4 rings (SSSR count). The lowest BCUT2D eigenvalue weighted by atomic mass is 10.1. The highest BCUT2D eigenvalue weighted by atomic mass is 16.2. The molecule has 0 spiro atoms. The van der Waals surface area contributed by atoms with Crippen molar-refractivity contribution in [2.75, 3.05) is 13.1 Å². The van der Waals surface area contributed by atoms with Gasteiger partial charge < -0.3 is 14.9 Å². The fraction of sp³-hybridized carbons (Fsp3) is 0.190. The molecule has 6 heteroatoms. The summed E-state index contributed by atoms with van der Waals surface area (Å²) in [4.78, 5) is 30.6. The number of amides is 1. The highest BCUT2D eigenvalue weighted by Crippen LogP contribution is 2.29. The number of nitrogens with zero attached hydrogens (tertiary/aromatic N) is 3.